The number of carbonyl (C=O) groups excluding carboxylic acids is 2. The van der Waals surface area contributed by atoms with Crippen LogP contribution in [0.25, 0.3) is 10.9 Å². The molecule has 3 aromatic carbocycles. The molecule has 3 amide bonds. The lowest BCUT2D eigenvalue weighted by molar-refractivity contribution is -0.129. The molecule has 8 nitrogen and oxygen atoms in total. The number of ether oxygens (including phenoxy) is 2. The Morgan fingerprint density at radius 3 is 2.55 bits per heavy atom. The number of likely N-dealkylation sites (N-methyl/N-ethyl adjacent to an activating group) is 1. The number of amides is 3. The van der Waals surface area contributed by atoms with Gasteiger partial charge in [0.25, 0.3) is 0 Å². The average molecular weight is 541 g/mol. The van der Waals surface area contributed by atoms with Crippen LogP contribution in [0, 0.1) is 0 Å². The van der Waals surface area contributed by atoms with Crippen LogP contribution >= 0.6 is 0 Å². The number of hydrogen-bond acceptors (Lipinski definition) is 4. The number of benzene rings is 3. The largest absolute Gasteiger partial charge is 0.493 e. The van der Waals surface area contributed by atoms with Crippen LogP contribution < -0.4 is 14.4 Å². The Balaban J connectivity index is 1.37. The Morgan fingerprint density at radius 1 is 1.00 bits per heavy atom. The lowest BCUT2D eigenvalue weighted by atomic mass is 10.1. The summed E-state index contributed by atoms with van der Waals surface area (Å²) in [6.45, 7) is 3.88. The van der Waals surface area contributed by atoms with Crippen molar-refractivity contribution in [1.82, 2.24) is 14.4 Å². The molecule has 0 bridgehead atoms. The van der Waals surface area contributed by atoms with Crippen LogP contribution in [0.4, 0.5) is 10.5 Å². The number of carbonyl (C=O) groups is 2. The van der Waals surface area contributed by atoms with E-state index in [2.05, 4.69) is 13.0 Å². The minimum atomic E-state index is -0.0443. The fraction of sp³-hybridized carbons (Fsp3) is 0.312. The molecule has 4 aromatic rings. The van der Waals surface area contributed by atoms with E-state index in [-0.39, 0.29) is 24.5 Å². The highest BCUT2D eigenvalue weighted by Crippen LogP contribution is 2.35. The third-order valence-electron chi connectivity index (χ3n) is 7.52. The summed E-state index contributed by atoms with van der Waals surface area (Å²) in [7, 11) is 5.13. The third kappa shape index (κ3) is 5.61. The number of rotatable bonds is 9. The fourth-order valence-electron chi connectivity index (χ4n) is 5.09. The lowest BCUT2D eigenvalue weighted by Gasteiger charge is -2.40. The molecule has 1 aromatic heterocycles. The van der Waals surface area contributed by atoms with Crippen LogP contribution in [0.1, 0.15) is 24.5 Å². The van der Waals surface area contributed by atoms with Crippen molar-refractivity contribution >= 4 is 28.5 Å². The number of anilines is 1. The summed E-state index contributed by atoms with van der Waals surface area (Å²) in [5, 5.41) is 1.05. The van der Waals surface area contributed by atoms with Crippen molar-refractivity contribution in [2.75, 3.05) is 32.6 Å². The maximum Gasteiger partial charge on any atom is 0.325 e. The quantitative estimate of drug-likeness (QED) is 0.280. The summed E-state index contributed by atoms with van der Waals surface area (Å²) in [5.41, 5.74) is 3.87. The summed E-state index contributed by atoms with van der Waals surface area (Å²) in [4.78, 5) is 31.5. The van der Waals surface area contributed by atoms with E-state index < -0.39 is 0 Å². The number of hydrogen-bond donors (Lipinski definition) is 0. The van der Waals surface area contributed by atoms with Crippen molar-refractivity contribution < 1.29 is 19.1 Å². The number of aromatic nitrogens is 1. The van der Waals surface area contributed by atoms with E-state index in [9.17, 15) is 9.59 Å². The number of nitrogens with zero attached hydrogens (tertiary/aromatic N) is 4. The van der Waals surface area contributed by atoms with Gasteiger partial charge in [-0.25, -0.2) is 4.79 Å². The minimum absolute atomic E-state index is 0.0324. The number of fused-ring (bicyclic) bond motifs is 1. The first-order chi connectivity index (χ1) is 19.4. The second-order valence-corrected chi connectivity index (χ2v) is 10.4. The predicted molar refractivity (Wildman–Crippen MR) is 157 cm³/mol. The standard InChI is InChI=1S/C32H36N4O4/c1-23-15-18-35(26-13-14-29(39-4)30(19-26)40-22-24-9-6-5-7-10-24)32(38)36(23)20-25-11-8-12-28-27(25)16-17-34(28)21-31(37)33(2)3/h5-14,16-17,19,23H,15,18,20-22H2,1-4H3. The van der Waals surface area contributed by atoms with Gasteiger partial charge in [-0.2, -0.15) is 0 Å². The van der Waals surface area contributed by atoms with Crippen molar-refractivity contribution in [1.29, 1.82) is 0 Å². The Kier molecular flexibility index (Phi) is 7.96. The van der Waals surface area contributed by atoms with Crippen LogP contribution in [0.15, 0.2) is 79.0 Å². The van der Waals surface area contributed by atoms with E-state index in [1.807, 2.05) is 87.3 Å². The number of urea groups is 1. The van der Waals surface area contributed by atoms with Crippen molar-refractivity contribution in [3.05, 3.63) is 90.1 Å². The van der Waals surface area contributed by atoms with Crippen molar-refractivity contribution in [2.45, 2.75) is 39.1 Å². The molecule has 0 radical (unpaired) electrons. The highest BCUT2D eigenvalue weighted by molar-refractivity contribution is 5.94. The number of methoxy groups -OCH3 is 1. The van der Waals surface area contributed by atoms with Crippen molar-refractivity contribution in [3.8, 4) is 11.5 Å². The van der Waals surface area contributed by atoms with Gasteiger partial charge < -0.3 is 23.8 Å². The molecule has 208 valence electrons. The first kappa shape index (κ1) is 27.1. The van der Waals surface area contributed by atoms with E-state index in [1.54, 1.807) is 26.1 Å². The predicted octanol–water partition coefficient (Wildman–Crippen LogP) is 5.54. The maximum atomic E-state index is 13.9. The van der Waals surface area contributed by atoms with E-state index in [1.165, 1.54) is 0 Å². The highest BCUT2D eigenvalue weighted by atomic mass is 16.5. The van der Waals surface area contributed by atoms with Crippen LogP contribution in [-0.2, 0) is 24.5 Å². The molecule has 2 heterocycles. The summed E-state index contributed by atoms with van der Waals surface area (Å²) >= 11 is 0. The first-order valence-corrected chi connectivity index (χ1v) is 13.6. The molecule has 8 heteroatoms. The van der Waals surface area contributed by atoms with E-state index >= 15 is 0 Å². The van der Waals surface area contributed by atoms with Gasteiger partial charge in [-0.15, -0.1) is 0 Å². The van der Waals surface area contributed by atoms with E-state index in [4.69, 9.17) is 9.47 Å². The molecule has 1 unspecified atom stereocenters. The topological polar surface area (TPSA) is 67.2 Å². The summed E-state index contributed by atoms with van der Waals surface area (Å²) in [6, 6.07) is 23.7. The molecule has 0 aliphatic carbocycles. The fourth-order valence-corrected chi connectivity index (χ4v) is 5.09. The first-order valence-electron chi connectivity index (χ1n) is 13.6. The second-order valence-electron chi connectivity index (χ2n) is 10.4. The maximum absolute atomic E-state index is 13.9. The van der Waals surface area contributed by atoms with Gasteiger partial charge in [-0.3, -0.25) is 9.69 Å². The molecule has 1 aliphatic rings. The van der Waals surface area contributed by atoms with E-state index in [0.717, 1.165) is 34.1 Å². The van der Waals surface area contributed by atoms with Gasteiger partial charge in [0, 0.05) is 62.1 Å². The normalized spacial score (nSPS) is 15.4. The zero-order chi connectivity index (χ0) is 28.2. The van der Waals surface area contributed by atoms with Crippen LogP contribution in [0.5, 0.6) is 11.5 Å². The van der Waals surface area contributed by atoms with Crippen LogP contribution in [0.2, 0.25) is 0 Å². The highest BCUT2D eigenvalue weighted by Gasteiger charge is 2.32. The molecule has 1 aliphatic heterocycles. The zero-order valence-electron chi connectivity index (χ0n) is 23.5. The van der Waals surface area contributed by atoms with Gasteiger partial charge in [-0.1, -0.05) is 42.5 Å². The van der Waals surface area contributed by atoms with Crippen LogP contribution in [0.3, 0.4) is 0 Å². The Morgan fingerprint density at radius 2 is 1.80 bits per heavy atom. The van der Waals surface area contributed by atoms with Crippen LogP contribution in [-0.4, -0.2) is 60.1 Å². The second kappa shape index (κ2) is 11.7. The molecule has 0 spiro atoms. The Labute approximate surface area is 235 Å². The Hall–Kier alpha value is -4.46. The zero-order valence-corrected chi connectivity index (χ0v) is 23.5. The molecule has 5 rings (SSSR count). The van der Waals surface area contributed by atoms with Gasteiger partial charge in [0.15, 0.2) is 11.5 Å². The monoisotopic (exact) mass is 540 g/mol. The van der Waals surface area contributed by atoms with Gasteiger partial charge in [0.05, 0.1) is 7.11 Å². The van der Waals surface area contributed by atoms with Gasteiger partial charge in [0.1, 0.15) is 13.2 Å². The molecule has 0 N–H and O–H groups in total. The molecule has 1 atom stereocenters. The van der Waals surface area contributed by atoms with Crippen molar-refractivity contribution in [3.63, 3.8) is 0 Å². The van der Waals surface area contributed by atoms with Crippen molar-refractivity contribution in [2.24, 2.45) is 0 Å². The molecule has 0 saturated carbocycles. The summed E-state index contributed by atoms with van der Waals surface area (Å²) in [5.74, 6) is 1.25. The van der Waals surface area contributed by atoms with Gasteiger partial charge >= 0.3 is 6.03 Å². The molecule has 40 heavy (non-hydrogen) atoms. The lowest BCUT2D eigenvalue weighted by Crippen LogP contribution is -2.53. The van der Waals surface area contributed by atoms with Gasteiger partial charge in [0.2, 0.25) is 5.91 Å². The smallest absolute Gasteiger partial charge is 0.325 e. The Bertz CT molecular complexity index is 1500. The minimum Gasteiger partial charge on any atom is -0.493 e. The molecule has 1 saturated heterocycles. The van der Waals surface area contributed by atoms with Gasteiger partial charge in [-0.05, 0) is 48.7 Å². The molecule has 1 fully saturated rings. The van der Waals surface area contributed by atoms with E-state index in [0.29, 0.717) is 31.2 Å². The summed E-state index contributed by atoms with van der Waals surface area (Å²) in [6.07, 6.45) is 2.78. The average Bonchev–Trinajstić information content (AvgIpc) is 3.38. The SMILES string of the molecule is COc1ccc(N2CCC(C)N(Cc3cccc4c3ccn4CC(=O)N(C)C)C2=O)cc1OCc1ccccc1. The molecular formula is C32H36N4O4. The summed E-state index contributed by atoms with van der Waals surface area (Å²) < 4.78 is 13.6. The molecular weight excluding hydrogens is 504 g/mol. The third-order valence-corrected chi connectivity index (χ3v) is 7.52.